The molecule has 7 nitrogen and oxygen atoms in total. The molecule has 52 heavy (non-hydrogen) atoms. The molecule has 304 valence electrons. The lowest BCUT2D eigenvalue weighted by atomic mass is 10.1. The van der Waals surface area contributed by atoms with Gasteiger partial charge in [0, 0.05) is 19.3 Å². The number of allylic oxidation sites excluding steroid dienone is 4. The number of carbonyl (C=O) groups excluding carboxylic acids is 3. The Morgan fingerprint density at radius 3 is 1.19 bits per heavy atom. The molecule has 0 aromatic heterocycles. The van der Waals surface area contributed by atoms with E-state index in [2.05, 4.69) is 43.5 Å². The van der Waals surface area contributed by atoms with Gasteiger partial charge in [-0.2, -0.15) is 0 Å². The second kappa shape index (κ2) is 41.6. The Morgan fingerprint density at radius 1 is 0.442 bits per heavy atom. The average Bonchev–Trinajstić information content (AvgIpc) is 3.14. The van der Waals surface area contributed by atoms with Crippen molar-refractivity contribution in [1.29, 1.82) is 0 Å². The van der Waals surface area contributed by atoms with E-state index >= 15 is 0 Å². The number of hydrogen-bond donors (Lipinski definition) is 1. The summed E-state index contributed by atoms with van der Waals surface area (Å²) in [4.78, 5) is 37.3. The molecule has 0 bridgehead atoms. The Bertz CT molecular complexity index is 857. The molecule has 1 atom stereocenters. The van der Waals surface area contributed by atoms with E-state index in [0.29, 0.717) is 19.3 Å². The Hall–Kier alpha value is -2.15. The Balaban J connectivity index is 4.20. The molecule has 0 aliphatic heterocycles. The Labute approximate surface area is 321 Å². The molecule has 7 heteroatoms. The second-order valence-electron chi connectivity index (χ2n) is 14.6. The van der Waals surface area contributed by atoms with Crippen LogP contribution < -0.4 is 5.32 Å². The molecular formula is C45H83NO6. The molecule has 0 amide bonds. The molecule has 0 rings (SSSR count). The van der Waals surface area contributed by atoms with Crippen molar-refractivity contribution in [3.8, 4) is 0 Å². The standard InChI is InChI=1S/C45H83NO6/c1-4-7-9-11-13-15-17-19-21-23-25-27-29-31-33-36-43(47)50-40-42(41-51-44(48)38-35-39-46-6-3)52-45(49)37-34-32-30-28-26-24-22-20-18-16-14-12-10-8-5-2/h19-22,42,46H,4-18,23-41H2,1-3H3. The molecule has 1 N–H and O–H groups in total. The van der Waals surface area contributed by atoms with Gasteiger partial charge in [-0.1, -0.05) is 148 Å². The van der Waals surface area contributed by atoms with Gasteiger partial charge in [0.05, 0.1) is 0 Å². The third-order valence-electron chi connectivity index (χ3n) is 9.43. The zero-order valence-electron chi connectivity index (χ0n) is 34.4. The quantitative estimate of drug-likeness (QED) is 0.0290. The van der Waals surface area contributed by atoms with E-state index in [0.717, 1.165) is 70.9 Å². The first-order chi connectivity index (χ1) is 25.5. The van der Waals surface area contributed by atoms with Gasteiger partial charge in [0.2, 0.25) is 0 Å². The van der Waals surface area contributed by atoms with E-state index < -0.39 is 6.10 Å². The minimum atomic E-state index is -0.786. The minimum absolute atomic E-state index is 0.0906. The van der Waals surface area contributed by atoms with Crippen LogP contribution in [0.25, 0.3) is 0 Å². The van der Waals surface area contributed by atoms with Crippen molar-refractivity contribution in [1.82, 2.24) is 5.32 Å². The Kier molecular flexibility index (Phi) is 39.9. The van der Waals surface area contributed by atoms with Gasteiger partial charge in [-0.05, 0) is 83.7 Å². The van der Waals surface area contributed by atoms with Crippen molar-refractivity contribution in [2.45, 2.75) is 219 Å². The summed E-state index contributed by atoms with van der Waals surface area (Å²) >= 11 is 0. The van der Waals surface area contributed by atoms with Gasteiger partial charge >= 0.3 is 17.9 Å². The summed E-state index contributed by atoms with van der Waals surface area (Å²) in [5, 5.41) is 3.19. The van der Waals surface area contributed by atoms with E-state index in [1.165, 1.54) is 109 Å². The molecule has 0 saturated heterocycles. The van der Waals surface area contributed by atoms with E-state index in [4.69, 9.17) is 14.2 Å². The van der Waals surface area contributed by atoms with Gasteiger partial charge in [0.25, 0.3) is 0 Å². The fourth-order valence-corrected chi connectivity index (χ4v) is 6.09. The van der Waals surface area contributed by atoms with Crippen LogP contribution in [-0.4, -0.2) is 50.3 Å². The summed E-state index contributed by atoms with van der Waals surface area (Å²) in [6, 6.07) is 0. The van der Waals surface area contributed by atoms with Crippen molar-refractivity contribution in [3.05, 3.63) is 24.3 Å². The SMILES string of the molecule is CCCCCCCCC=CCCCCCCCC(=O)OCC(COC(=O)CCCNCC)OC(=O)CCCCCCCC=CCCCCCCCC. The fourth-order valence-electron chi connectivity index (χ4n) is 6.09. The average molecular weight is 734 g/mol. The predicted octanol–water partition coefficient (Wildman–Crippen LogP) is 12.4. The first-order valence-electron chi connectivity index (χ1n) is 22.0. The van der Waals surface area contributed by atoms with Crippen LogP contribution in [0.5, 0.6) is 0 Å². The van der Waals surface area contributed by atoms with Gasteiger partial charge in [-0.25, -0.2) is 0 Å². The maximum atomic E-state index is 12.6. The van der Waals surface area contributed by atoms with Crippen LogP contribution in [0.4, 0.5) is 0 Å². The van der Waals surface area contributed by atoms with Crippen molar-refractivity contribution < 1.29 is 28.6 Å². The van der Waals surface area contributed by atoms with Crippen LogP contribution in [-0.2, 0) is 28.6 Å². The highest BCUT2D eigenvalue weighted by Crippen LogP contribution is 2.13. The van der Waals surface area contributed by atoms with Crippen molar-refractivity contribution in [2.75, 3.05) is 26.3 Å². The van der Waals surface area contributed by atoms with Gasteiger partial charge in [-0.15, -0.1) is 0 Å². The van der Waals surface area contributed by atoms with Gasteiger partial charge in [0.15, 0.2) is 6.10 Å². The van der Waals surface area contributed by atoms with E-state index in [1.807, 2.05) is 6.92 Å². The lowest BCUT2D eigenvalue weighted by molar-refractivity contribution is -0.167. The van der Waals surface area contributed by atoms with Gasteiger partial charge in [0.1, 0.15) is 13.2 Å². The van der Waals surface area contributed by atoms with Gasteiger partial charge in [-0.3, -0.25) is 14.4 Å². The predicted molar refractivity (Wildman–Crippen MR) is 218 cm³/mol. The summed E-state index contributed by atoms with van der Waals surface area (Å²) in [5.41, 5.74) is 0. The first-order valence-corrected chi connectivity index (χ1v) is 22.0. The lowest BCUT2D eigenvalue weighted by Gasteiger charge is -2.18. The molecule has 0 fully saturated rings. The van der Waals surface area contributed by atoms with Crippen molar-refractivity contribution >= 4 is 17.9 Å². The molecule has 0 aliphatic rings. The maximum absolute atomic E-state index is 12.6. The number of carbonyl (C=O) groups is 3. The van der Waals surface area contributed by atoms with Crippen molar-refractivity contribution in [3.63, 3.8) is 0 Å². The van der Waals surface area contributed by atoms with Crippen LogP contribution >= 0.6 is 0 Å². The number of hydrogen-bond acceptors (Lipinski definition) is 7. The zero-order valence-corrected chi connectivity index (χ0v) is 34.4. The molecule has 0 aromatic rings. The number of nitrogens with one attached hydrogen (secondary N) is 1. The number of ether oxygens (including phenoxy) is 3. The fraction of sp³-hybridized carbons (Fsp3) is 0.844. The monoisotopic (exact) mass is 734 g/mol. The molecule has 0 saturated carbocycles. The molecule has 0 aliphatic carbocycles. The van der Waals surface area contributed by atoms with Crippen molar-refractivity contribution in [2.24, 2.45) is 0 Å². The van der Waals surface area contributed by atoms with Crippen LogP contribution in [0.15, 0.2) is 24.3 Å². The number of esters is 3. The summed E-state index contributed by atoms with van der Waals surface area (Å²) in [6.45, 7) is 7.94. The summed E-state index contributed by atoms with van der Waals surface area (Å²) in [7, 11) is 0. The van der Waals surface area contributed by atoms with Crippen LogP contribution in [0, 0.1) is 0 Å². The van der Waals surface area contributed by atoms with E-state index in [-0.39, 0.29) is 37.5 Å². The molecular weight excluding hydrogens is 650 g/mol. The molecule has 0 aromatic carbocycles. The van der Waals surface area contributed by atoms with E-state index in [9.17, 15) is 14.4 Å². The largest absolute Gasteiger partial charge is 0.462 e. The van der Waals surface area contributed by atoms with Gasteiger partial charge < -0.3 is 19.5 Å². The maximum Gasteiger partial charge on any atom is 0.306 e. The lowest BCUT2D eigenvalue weighted by Crippen LogP contribution is -2.31. The third kappa shape index (κ3) is 39.1. The highest BCUT2D eigenvalue weighted by Gasteiger charge is 2.19. The first kappa shape index (κ1) is 49.9. The summed E-state index contributed by atoms with van der Waals surface area (Å²) < 4.78 is 16.5. The highest BCUT2D eigenvalue weighted by molar-refractivity contribution is 5.71. The second-order valence-corrected chi connectivity index (χ2v) is 14.6. The zero-order chi connectivity index (χ0) is 38.0. The highest BCUT2D eigenvalue weighted by atomic mass is 16.6. The minimum Gasteiger partial charge on any atom is -0.462 e. The normalized spacial score (nSPS) is 12.1. The molecule has 0 radical (unpaired) electrons. The third-order valence-corrected chi connectivity index (χ3v) is 9.43. The Morgan fingerprint density at radius 2 is 0.788 bits per heavy atom. The summed E-state index contributed by atoms with van der Waals surface area (Å²) in [6.07, 6.45) is 41.4. The number of rotatable bonds is 40. The molecule has 0 heterocycles. The molecule has 1 unspecified atom stereocenters. The van der Waals surface area contributed by atoms with Crippen LogP contribution in [0.1, 0.15) is 213 Å². The topological polar surface area (TPSA) is 90.9 Å². The number of unbranched alkanes of at least 4 members (excludes halogenated alkanes) is 22. The van der Waals surface area contributed by atoms with Crippen LogP contribution in [0.2, 0.25) is 0 Å². The molecule has 0 spiro atoms. The van der Waals surface area contributed by atoms with E-state index in [1.54, 1.807) is 0 Å². The van der Waals surface area contributed by atoms with Crippen LogP contribution in [0.3, 0.4) is 0 Å². The smallest absolute Gasteiger partial charge is 0.306 e. The summed E-state index contributed by atoms with van der Waals surface area (Å²) in [5.74, 6) is -0.970.